The molecule has 4 nitrogen and oxygen atoms in total. The summed E-state index contributed by atoms with van der Waals surface area (Å²) < 4.78 is 72.2. The Morgan fingerprint density at radius 2 is 1.48 bits per heavy atom. The molecule has 0 saturated carbocycles. The maximum atomic E-state index is 15.7. The summed E-state index contributed by atoms with van der Waals surface area (Å²) in [5, 5.41) is 17.0. The molecule has 0 radical (unpaired) electrons. The molecule has 33 heavy (non-hydrogen) atoms. The number of aromatic amines is 1. The van der Waals surface area contributed by atoms with E-state index in [-0.39, 0.29) is 5.56 Å². The minimum Gasteiger partial charge on any atom is -0.374 e. The minimum absolute atomic E-state index is 0.277. The second-order valence-corrected chi connectivity index (χ2v) is 7.08. The van der Waals surface area contributed by atoms with Gasteiger partial charge >= 0.3 is 5.92 Å². The molecule has 1 unspecified atom stereocenters. The van der Waals surface area contributed by atoms with Gasteiger partial charge in [0.15, 0.2) is 5.60 Å². The molecule has 0 saturated heterocycles. The summed E-state index contributed by atoms with van der Waals surface area (Å²) in [5.74, 6) is -1.46. The molecular weight excluding hydrogens is 441 g/mol. The van der Waals surface area contributed by atoms with Crippen molar-refractivity contribution in [3.63, 3.8) is 0 Å². The average molecular weight is 455 g/mol. The van der Waals surface area contributed by atoms with Gasteiger partial charge in [-0.3, -0.25) is 10.1 Å². The van der Waals surface area contributed by atoms with Crippen molar-refractivity contribution >= 4 is 0 Å². The van der Waals surface area contributed by atoms with Gasteiger partial charge in [-0.15, -0.1) is 0 Å². The molecule has 9 heteroatoms. The van der Waals surface area contributed by atoms with E-state index in [0.29, 0.717) is 11.6 Å². The minimum atomic E-state index is -4.15. The lowest BCUT2D eigenvalue weighted by Crippen LogP contribution is -2.45. The zero-order valence-electron chi connectivity index (χ0n) is 16.7. The van der Waals surface area contributed by atoms with E-state index in [1.54, 1.807) is 0 Å². The number of hydrogen-bond donors (Lipinski definition) is 2. The molecule has 0 fully saturated rings. The van der Waals surface area contributed by atoms with Crippen molar-refractivity contribution in [1.29, 1.82) is 0 Å². The molecule has 166 valence electrons. The molecule has 2 aromatic carbocycles. The van der Waals surface area contributed by atoms with Crippen molar-refractivity contribution in [1.82, 2.24) is 15.2 Å². The highest BCUT2D eigenvalue weighted by Gasteiger charge is 2.59. The van der Waals surface area contributed by atoms with Crippen LogP contribution in [0.4, 0.5) is 22.0 Å². The summed E-state index contributed by atoms with van der Waals surface area (Å²) in [6.07, 6.45) is 2.97. The smallest absolute Gasteiger partial charge is 0.326 e. The molecule has 0 spiro atoms. The van der Waals surface area contributed by atoms with Crippen molar-refractivity contribution in [3.8, 4) is 11.8 Å². The van der Waals surface area contributed by atoms with E-state index in [9.17, 15) is 18.3 Å². The Bertz CT molecular complexity index is 1330. The molecule has 4 rings (SSSR count). The summed E-state index contributed by atoms with van der Waals surface area (Å²) >= 11 is 0. The SMILES string of the molecule is OC(c1cn[nH]c1)(c1ccc(F)cc1F)C(F)(F)c1ccc(C#Cc2ccc(F)cc2)cn1. The summed E-state index contributed by atoms with van der Waals surface area (Å²) in [7, 11) is 0. The van der Waals surface area contributed by atoms with E-state index in [1.807, 2.05) is 0 Å². The van der Waals surface area contributed by atoms with Gasteiger partial charge in [-0.05, 0) is 48.5 Å². The van der Waals surface area contributed by atoms with Crippen molar-refractivity contribution in [2.75, 3.05) is 0 Å². The van der Waals surface area contributed by atoms with Crippen molar-refractivity contribution < 1.29 is 27.1 Å². The summed E-state index contributed by atoms with van der Waals surface area (Å²) in [5.41, 5.74) is -4.63. The van der Waals surface area contributed by atoms with Crippen LogP contribution < -0.4 is 0 Å². The first-order valence-electron chi connectivity index (χ1n) is 9.51. The molecule has 1 atom stereocenters. The number of alkyl halides is 2. The van der Waals surface area contributed by atoms with E-state index < -0.39 is 45.8 Å². The van der Waals surface area contributed by atoms with Crippen LogP contribution in [0, 0.1) is 29.3 Å². The van der Waals surface area contributed by atoms with Crippen LogP contribution in [-0.4, -0.2) is 20.3 Å². The molecule has 0 bridgehead atoms. The van der Waals surface area contributed by atoms with Gasteiger partial charge in [-0.25, -0.2) is 13.2 Å². The highest BCUT2D eigenvalue weighted by Crippen LogP contribution is 2.49. The van der Waals surface area contributed by atoms with Crippen molar-refractivity contribution in [2.24, 2.45) is 0 Å². The first-order chi connectivity index (χ1) is 15.7. The van der Waals surface area contributed by atoms with Crippen LogP contribution in [0.3, 0.4) is 0 Å². The molecule has 0 aliphatic rings. The normalized spacial score (nSPS) is 13.2. The van der Waals surface area contributed by atoms with Gasteiger partial charge in [0.05, 0.1) is 6.20 Å². The van der Waals surface area contributed by atoms with Crippen LogP contribution in [0.15, 0.2) is 73.2 Å². The largest absolute Gasteiger partial charge is 0.374 e. The molecule has 0 aliphatic carbocycles. The maximum Gasteiger partial charge on any atom is 0.326 e. The first kappa shape index (κ1) is 22.2. The number of hydrogen-bond acceptors (Lipinski definition) is 3. The quantitative estimate of drug-likeness (QED) is 0.348. The van der Waals surface area contributed by atoms with Gasteiger partial charge in [0, 0.05) is 40.7 Å². The first-order valence-corrected chi connectivity index (χ1v) is 9.51. The summed E-state index contributed by atoms with van der Waals surface area (Å²) in [6.45, 7) is 0. The van der Waals surface area contributed by atoms with Crippen LogP contribution in [0.5, 0.6) is 0 Å². The second-order valence-electron chi connectivity index (χ2n) is 7.08. The van der Waals surface area contributed by atoms with Crippen LogP contribution in [-0.2, 0) is 11.5 Å². The van der Waals surface area contributed by atoms with E-state index >= 15 is 8.78 Å². The Kier molecular flexibility index (Phi) is 5.70. The number of nitrogens with zero attached hydrogens (tertiary/aromatic N) is 2. The molecule has 0 amide bonds. The second kappa shape index (κ2) is 8.48. The molecule has 2 aromatic heterocycles. The Labute approximate surface area is 184 Å². The third-order valence-electron chi connectivity index (χ3n) is 4.97. The van der Waals surface area contributed by atoms with Crippen molar-refractivity contribution in [3.05, 3.63) is 119 Å². The van der Waals surface area contributed by atoms with E-state index in [4.69, 9.17) is 0 Å². The van der Waals surface area contributed by atoms with Crippen LogP contribution in [0.25, 0.3) is 0 Å². The van der Waals surface area contributed by atoms with Crippen molar-refractivity contribution in [2.45, 2.75) is 11.5 Å². The molecule has 2 heterocycles. The number of aromatic nitrogens is 3. The van der Waals surface area contributed by atoms with Gasteiger partial charge < -0.3 is 5.11 Å². The standard InChI is InChI=1S/C24H14F5N3O/c25-18-6-3-15(4-7-18)1-2-16-5-10-22(30-12-16)24(28,29)23(33,17-13-31-32-14-17)20-9-8-19(26)11-21(20)27/h3-14,33H,(H,31,32). The Hall–Kier alpha value is -4.03. The van der Waals surface area contributed by atoms with E-state index in [1.165, 1.54) is 30.3 Å². The number of H-pyrrole nitrogens is 1. The maximum absolute atomic E-state index is 15.7. The van der Waals surface area contributed by atoms with Gasteiger partial charge in [-0.2, -0.15) is 13.9 Å². The lowest BCUT2D eigenvalue weighted by molar-refractivity contribution is -0.175. The average Bonchev–Trinajstić information content (AvgIpc) is 3.34. The highest BCUT2D eigenvalue weighted by atomic mass is 19.3. The topological polar surface area (TPSA) is 61.8 Å². The van der Waals surface area contributed by atoms with Crippen LogP contribution in [0.2, 0.25) is 0 Å². The lowest BCUT2D eigenvalue weighted by Gasteiger charge is -2.35. The van der Waals surface area contributed by atoms with Gasteiger partial charge in [-0.1, -0.05) is 11.8 Å². The molecule has 4 aromatic rings. The fraction of sp³-hybridized carbons (Fsp3) is 0.0833. The Morgan fingerprint density at radius 3 is 2.09 bits per heavy atom. The number of benzene rings is 2. The molecule has 0 aliphatic heterocycles. The molecule has 2 N–H and O–H groups in total. The highest BCUT2D eigenvalue weighted by molar-refractivity contribution is 5.44. The fourth-order valence-electron chi connectivity index (χ4n) is 3.25. The third kappa shape index (κ3) is 4.08. The van der Waals surface area contributed by atoms with Gasteiger partial charge in [0.2, 0.25) is 0 Å². The lowest BCUT2D eigenvalue weighted by atomic mass is 9.80. The Balaban J connectivity index is 1.74. The predicted octanol–water partition coefficient (Wildman–Crippen LogP) is 4.65. The third-order valence-corrected chi connectivity index (χ3v) is 4.97. The fourth-order valence-corrected chi connectivity index (χ4v) is 3.25. The number of pyridine rings is 1. The van der Waals surface area contributed by atoms with E-state index in [0.717, 1.165) is 36.8 Å². The number of aliphatic hydroxyl groups is 1. The van der Waals surface area contributed by atoms with E-state index in [2.05, 4.69) is 27.0 Å². The predicted molar refractivity (Wildman–Crippen MR) is 108 cm³/mol. The van der Waals surface area contributed by atoms with Crippen LogP contribution in [0.1, 0.15) is 27.9 Å². The van der Waals surface area contributed by atoms with Gasteiger partial charge in [0.1, 0.15) is 23.1 Å². The monoisotopic (exact) mass is 455 g/mol. The van der Waals surface area contributed by atoms with Gasteiger partial charge in [0.25, 0.3) is 0 Å². The Morgan fingerprint density at radius 1 is 0.818 bits per heavy atom. The zero-order valence-corrected chi connectivity index (χ0v) is 16.7. The number of nitrogens with one attached hydrogen (secondary N) is 1. The number of halogens is 5. The zero-order chi connectivity index (χ0) is 23.6. The summed E-state index contributed by atoms with van der Waals surface area (Å²) in [4.78, 5) is 3.73. The number of rotatable bonds is 4. The van der Waals surface area contributed by atoms with Crippen LogP contribution >= 0.6 is 0 Å². The summed E-state index contributed by atoms with van der Waals surface area (Å²) in [6, 6.07) is 9.49. The molecular formula is C24H14F5N3O.